The van der Waals surface area contributed by atoms with Gasteiger partial charge in [0.1, 0.15) is 0 Å². The van der Waals surface area contributed by atoms with Gasteiger partial charge in [0.25, 0.3) is 0 Å². The smallest absolute Gasteiger partial charge is 0.303 e. The summed E-state index contributed by atoms with van der Waals surface area (Å²) in [5.74, 6) is -0.151. The van der Waals surface area contributed by atoms with Crippen LogP contribution in [0.5, 0.6) is 0 Å². The number of rotatable bonds is 12. The van der Waals surface area contributed by atoms with E-state index < -0.39 is 10.7 Å². The first-order valence-corrected chi connectivity index (χ1v) is 11.9. The van der Waals surface area contributed by atoms with E-state index in [0.29, 0.717) is 31.6 Å². The van der Waals surface area contributed by atoms with Crippen molar-refractivity contribution < 1.29 is 14.7 Å². The summed E-state index contributed by atoms with van der Waals surface area (Å²) in [7, 11) is 0. The molecule has 0 saturated carbocycles. The van der Waals surface area contributed by atoms with Gasteiger partial charge in [-0.2, -0.15) is 0 Å². The highest BCUT2D eigenvalue weighted by Gasteiger charge is 2.36. The average molecular weight is 448 g/mol. The van der Waals surface area contributed by atoms with Crippen LogP contribution in [0.25, 0.3) is 0 Å². The lowest BCUT2D eigenvalue weighted by atomic mass is 9.84. The maximum Gasteiger partial charge on any atom is 0.303 e. The number of carboxylic acids is 1. The van der Waals surface area contributed by atoms with Crippen molar-refractivity contribution in [1.29, 1.82) is 0 Å². The van der Waals surface area contributed by atoms with Gasteiger partial charge in [0, 0.05) is 25.1 Å². The molecule has 3 rings (SSSR count). The van der Waals surface area contributed by atoms with E-state index in [9.17, 15) is 9.59 Å². The second-order valence-corrected chi connectivity index (χ2v) is 8.89. The van der Waals surface area contributed by atoms with Crippen molar-refractivity contribution in [3.05, 3.63) is 108 Å². The molecule has 0 radical (unpaired) electrons. The Morgan fingerprint density at radius 1 is 0.719 bits per heavy atom. The molecule has 0 fully saturated rings. The Morgan fingerprint density at radius 2 is 1.19 bits per heavy atom. The van der Waals surface area contributed by atoms with Crippen molar-refractivity contribution in [3.63, 3.8) is 0 Å². The quantitative estimate of drug-likeness (QED) is 0.285. The molecule has 32 heavy (non-hydrogen) atoms. The molecule has 0 unspecified atom stereocenters. The highest BCUT2D eigenvalue weighted by atomic mass is 32.2. The Kier molecular flexibility index (Phi) is 8.93. The highest BCUT2D eigenvalue weighted by molar-refractivity contribution is 8.00. The van der Waals surface area contributed by atoms with Crippen LogP contribution in [0.3, 0.4) is 0 Å². The first-order valence-electron chi connectivity index (χ1n) is 10.9. The van der Waals surface area contributed by atoms with Crippen LogP contribution in [0.4, 0.5) is 0 Å². The average Bonchev–Trinajstić information content (AvgIpc) is 2.83. The molecule has 2 N–H and O–H groups in total. The van der Waals surface area contributed by atoms with E-state index in [4.69, 9.17) is 5.11 Å². The number of aliphatic carboxylic acids is 1. The zero-order valence-electron chi connectivity index (χ0n) is 18.1. The second-order valence-electron chi connectivity index (χ2n) is 7.58. The zero-order valence-corrected chi connectivity index (χ0v) is 18.9. The molecule has 0 aliphatic carbocycles. The fraction of sp³-hybridized carbons (Fsp3) is 0.259. The van der Waals surface area contributed by atoms with Gasteiger partial charge >= 0.3 is 5.97 Å². The Bertz CT molecular complexity index is 881. The molecule has 0 aliphatic rings. The number of hydrogen-bond donors (Lipinski definition) is 2. The standard InChI is InChI=1S/C27H29NO3S/c29-25(28-20-11-10-18-26(30)31)19-21-32-27(22-12-4-1-5-13-22,23-14-6-2-7-15-23)24-16-8-3-9-17-24/h1-9,12-17H,10-11,18-21H2,(H,28,29)(H,30,31). The third kappa shape index (κ3) is 6.24. The van der Waals surface area contributed by atoms with Crippen molar-refractivity contribution in [2.75, 3.05) is 12.3 Å². The second kappa shape index (κ2) is 12.1. The summed E-state index contributed by atoms with van der Waals surface area (Å²) in [6, 6.07) is 31.3. The number of benzene rings is 3. The predicted octanol–water partition coefficient (Wildman–Crippen LogP) is 5.47. The van der Waals surface area contributed by atoms with Gasteiger partial charge in [-0.15, -0.1) is 11.8 Å². The Labute approximate surface area is 194 Å². The third-order valence-corrected chi connectivity index (χ3v) is 6.88. The zero-order chi connectivity index (χ0) is 22.7. The lowest BCUT2D eigenvalue weighted by Gasteiger charge is -2.35. The van der Waals surface area contributed by atoms with Crippen LogP contribution in [-0.2, 0) is 14.3 Å². The van der Waals surface area contributed by atoms with Crippen LogP contribution in [0, 0.1) is 0 Å². The number of carbonyl (C=O) groups excluding carboxylic acids is 1. The number of carboxylic acid groups (broad SMARTS) is 1. The maximum atomic E-state index is 12.4. The third-order valence-electron chi connectivity index (χ3n) is 5.33. The summed E-state index contributed by atoms with van der Waals surface area (Å²) < 4.78 is -0.425. The summed E-state index contributed by atoms with van der Waals surface area (Å²) in [6.07, 6.45) is 1.79. The van der Waals surface area contributed by atoms with Crippen LogP contribution in [0.2, 0.25) is 0 Å². The summed E-state index contributed by atoms with van der Waals surface area (Å²) >= 11 is 1.77. The van der Waals surface area contributed by atoms with E-state index in [1.807, 2.05) is 18.2 Å². The number of hydrogen-bond acceptors (Lipinski definition) is 3. The molecule has 0 saturated heterocycles. The predicted molar refractivity (Wildman–Crippen MR) is 131 cm³/mol. The van der Waals surface area contributed by atoms with Crippen molar-refractivity contribution >= 4 is 23.6 Å². The molecule has 0 spiro atoms. The fourth-order valence-corrected chi connectivity index (χ4v) is 5.28. The van der Waals surface area contributed by atoms with Gasteiger partial charge in [-0.25, -0.2) is 0 Å². The summed E-state index contributed by atoms with van der Waals surface area (Å²) in [4.78, 5) is 23.0. The Hall–Kier alpha value is -3.05. The molecular formula is C27H29NO3S. The van der Waals surface area contributed by atoms with Crippen LogP contribution >= 0.6 is 11.8 Å². The molecule has 3 aromatic rings. The van der Waals surface area contributed by atoms with Crippen molar-refractivity contribution in [2.45, 2.75) is 30.4 Å². The number of unbranched alkanes of at least 4 members (excludes halogenated alkanes) is 1. The monoisotopic (exact) mass is 447 g/mol. The normalized spacial score (nSPS) is 11.1. The van der Waals surface area contributed by atoms with E-state index in [2.05, 4.69) is 78.1 Å². The van der Waals surface area contributed by atoms with Crippen LogP contribution < -0.4 is 5.32 Å². The van der Waals surface area contributed by atoms with Crippen molar-refractivity contribution in [3.8, 4) is 0 Å². The lowest BCUT2D eigenvalue weighted by molar-refractivity contribution is -0.137. The molecule has 1 amide bonds. The van der Waals surface area contributed by atoms with Crippen LogP contribution in [0.1, 0.15) is 42.4 Å². The molecule has 3 aromatic carbocycles. The molecule has 0 bridgehead atoms. The molecule has 0 aliphatic heterocycles. The number of thioether (sulfide) groups is 1. The minimum absolute atomic E-state index is 0.00379. The summed E-state index contributed by atoms with van der Waals surface area (Å²) in [5.41, 5.74) is 3.53. The first kappa shape index (κ1) is 23.6. The lowest BCUT2D eigenvalue weighted by Crippen LogP contribution is -2.28. The molecule has 4 nitrogen and oxygen atoms in total. The Morgan fingerprint density at radius 3 is 1.62 bits per heavy atom. The minimum Gasteiger partial charge on any atom is -0.481 e. The number of carbonyl (C=O) groups is 2. The number of nitrogens with one attached hydrogen (secondary N) is 1. The van der Waals surface area contributed by atoms with Crippen molar-refractivity contribution in [2.24, 2.45) is 0 Å². The summed E-state index contributed by atoms with van der Waals surface area (Å²) in [6.45, 7) is 0.512. The van der Waals surface area contributed by atoms with Crippen LogP contribution in [0.15, 0.2) is 91.0 Å². The highest BCUT2D eigenvalue weighted by Crippen LogP contribution is 2.48. The molecule has 0 atom stereocenters. The Balaban J connectivity index is 1.77. The van der Waals surface area contributed by atoms with Gasteiger partial charge in [0.2, 0.25) is 5.91 Å². The van der Waals surface area contributed by atoms with E-state index in [1.165, 1.54) is 16.7 Å². The van der Waals surface area contributed by atoms with E-state index in [1.54, 1.807) is 11.8 Å². The van der Waals surface area contributed by atoms with E-state index in [0.717, 1.165) is 0 Å². The van der Waals surface area contributed by atoms with Crippen molar-refractivity contribution in [1.82, 2.24) is 5.32 Å². The van der Waals surface area contributed by atoms with Gasteiger partial charge in [-0.05, 0) is 29.5 Å². The topological polar surface area (TPSA) is 66.4 Å². The van der Waals surface area contributed by atoms with E-state index in [-0.39, 0.29) is 12.3 Å². The van der Waals surface area contributed by atoms with Gasteiger partial charge < -0.3 is 10.4 Å². The summed E-state index contributed by atoms with van der Waals surface area (Å²) in [5, 5.41) is 11.6. The molecule has 5 heteroatoms. The van der Waals surface area contributed by atoms with Gasteiger partial charge in [-0.1, -0.05) is 91.0 Å². The first-order chi connectivity index (χ1) is 15.6. The SMILES string of the molecule is O=C(O)CCCCNC(=O)CCSC(c1ccccc1)(c1ccccc1)c1ccccc1. The van der Waals surface area contributed by atoms with Gasteiger partial charge in [0.05, 0.1) is 4.75 Å². The molecule has 0 heterocycles. The molecule has 0 aromatic heterocycles. The largest absolute Gasteiger partial charge is 0.481 e. The fourth-order valence-electron chi connectivity index (χ4n) is 3.78. The maximum absolute atomic E-state index is 12.4. The molecular weight excluding hydrogens is 418 g/mol. The molecule has 166 valence electrons. The van der Waals surface area contributed by atoms with Gasteiger partial charge in [-0.3, -0.25) is 9.59 Å². The minimum atomic E-state index is -0.799. The van der Waals surface area contributed by atoms with Crippen LogP contribution in [-0.4, -0.2) is 29.3 Å². The van der Waals surface area contributed by atoms with E-state index >= 15 is 0 Å². The number of amides is 1. The van der Waals surface area contributed by atoms with Gasteiger partial charge in [0.15, 0.2) is 0 Å².